The van der Waals surface area contributed by atoms with E-state index in [-0.39, 0.29) is 16.3 Å². The number of hydrogen-bond acceptors (Lipinski definition) is 5. The van der Waals surface area contributed by atoms with Gasteiger partial charge in [0, 0.05) is 23.2 Å². The molecule has 0 saturated heterocycles. The van der Waals surface area contributed by atoms with Crippen molar-refractivity contribution in [3.63, 3.8) is 0 Å². The smallest absolute Gasteiger partial charge is 0.283 e. The zero-order valence-corrected chi connectivity index (χ0v) is 13.2. The fourth-order valence-electron chi connectivity index (χ4n) is 2.11. The zero-order chi connectivity index (χ0) is 17.9. The fourth-order valence-corrected chi connectivity index (χ4v) is 2.28. The minimum atomic E-state index is -0.696. The third kappa shape index (κ3) is 3.85. The minimum Gasteiger partial charge on any atom is -0.345 e. The molecule has 0 saturated carbocycles. The van der Waals surface area contributed by atoms with Crippen LogP contribution in [0.4, 0.5) is 11.4 Å². The van der Waals surface area contributed by atoms with Crippen molar-refractivity contribution in [2.75, 3.05) is 0 Å². The Morgan fingerprint density at radius 2 is 1.83 bits per heavy atom. The van der Waals surface area contributed by atoms with Crippen LogP contribution in [0.3, 0.4) is 0 Å². The van der Waals surface area contributed by atoms with Crippen molar-refractivity contribution in [1.29, 1.82) is 0 Å². The van der Waals surface area contributed by atoms with Crippen molar-refractivity contribution in [3.05, 3.63) is 78.8 Å². The molecule has 0 heterocycles. The Hall–Kier alpha value is -3.00. The number of nitrogens with one attached hydrogen (secondary N) is 1. The molecule has 8 nitrogen and oxygen atoms in total. The van der Waals surface area contributed by atoms with Gasteiger partial charge in [-0.15, -0.1) is 0 Å². The summed E-state index contributed by atoms with van der Waals surface area (Å²) in [5.74, 6) is -0.669. The van der Waals surface area contributed by atoms with Gasteiger partial charge in [-0.2, -0.15) is 0 Å². The van der Waals surface area contributed by atoms with Crippen molar-refractivity contribution in [2.24, 2.45) is 0 Å². The number of hydrogen-bond donors (Lipinski definition) is 1. The number of nitro benzene ring substituents is 2. The summed E-state index contributed by atoms with van der Waals surface area (Å²) in [6.07, 6.45) is 0. The Morgan fingerprint density at radius 3 is 2.46 bits per heavy atom. The standard InChI is InChI=1S/C15H12ClN3O5/c1-9(10-3-2-4-12(7-10)18(21)22)17-15(20)13-6-5-11(16)8-14(13)19(23)24/h2-9H,1H3,(H,17,20)/t9-/m1/s1. The van der Waals surface area contributed by atoms with Crippen molar-refractivity contribution in [1.82, 2.24) is 5.32 Å². The van der Waals surface area contributed by atoms with Gasteiger partial charge in [-0.1, -0.05) is 23.7 Å². The number of benzene rings is 2. The summed E-state index contributed by atoms with van der Waals surface area (Å²) in [4.78, 5) is 32.9. The van der Waals surface area contributed by atoms with Crippen molar-refractivity contribution in [3.8, 4) is 0 Å². The maximum absolute atomic E-state index is 12.3. The largest absolute Gasteiger partial charge is 0.345 e. The molecule has 24 heavy (non-hydrogen) atoms. The summed E-state index contributed by atoms with van der Waals surface area (Å²) >= 11 is 5.71. The van der Waals surface area contributed by atoms with Crippen LogP contribution in [0.2, 0.25) is 5.02 Å². The number of amides is 1. The maximum Gasteiger partial charge on any atom is 0.283 e. The van der Waals surface area contributed by atoms with Gasteiger partial charge in [-0.05, 0) is 24.6 Å². The van der Waals surface area contributed by atoms with Crippen molar-refractivity contribution >= 4 is 28.9 Å². The van der Waals surface area contributed by atoms with Gasteiger partial charge in [0.2, 0.25) is 0 Å². The highest BCUT2D eigenvalue weighted by Crippen LogP contribution is 2.24. The van der Waals surface area contributed by atoms with E-state index in [2.05, 4.69) is 5.32 Å². The number of carbonyl (C=O) groups excluding carboxylic acids is 1. The molecule has 124 valence electrons. The first-order valence-corrected chi connectivity index (χ1v) is 7.16. The Balaban J connectivity index is 2.25. The minimum absolute atomic E-state index is 0.105. The fraction of sp³-hybridized carbons (Fsp3) is 0.133. The van der Waals surface area contributed by atoms with E-state index in [1.54, 1.807) is 13.0 Å². The molecule has 0 unspecified atom stereocenters. The molecule has 1 amide bonds. The molecule has 1 atom stereocenters. The average molecular weight is 350 g/mol. The van der Waals surface area contributed by atoms with E-state index in [1.165, 1.54) is 30.3 Å². The van der Waals surface area contributed by atoms with Crippen LogP contribution in [0.15, 0.2) is 42.5 Å². The highest BCUT2D eigenvalue weighted by atomic mass is 35.5. The second-order valence-corrected chi connectivity index (χ2v) is 5.40. The van der Waals surface area contributed by atoms with Crippen LogP contribution in [0.25, 0.3) is 0 Å². The van der Waals surface area contributed by atoms with E-state index >= 15 is 0 Å². The molecule has 0 aliphatic heterocycles. The molecule has 1 N–H and O–H groups in total. The van der Waals surface area contributed by atoms with Crippen LogP contribution in [-0.4, -0.2) is 15.8 Å². The molecular weight excluding hydrogens is 338 g/mol. The number of rotatable bonds is 5. The van der Waals surface area contributed by atoms with E-state index < -0.39 is 27.5 Å². The Kier molecular flexibility index (Phi) is 5.10. The van der Waals surface area contributed by atoms with Gasteiger partial charge in [0.15, 0.2) is 0 Å². The summed E-state index contributed by atoms with van der Waals surface area (Å²) in [6, 6.07) is 8.94. The third-order valence-electron chi connectivity index (χ3n) is 3.33. The molecule has 0 aliphatic carbocycles. The topological polar surface area (TPSA) is 115 Å². The lowest BCUT2D eigenvalue weighted by atomic mass is 10.1. The maximum atomic E-state index is 12.3. The van der Waals surface area contributed by atoms with Gasteiger partial charge in [0.25, 0.3) is 17.3 Å². The molecule has 0 aromatic heterocycles. The van der Waals surface area contributed by atoms with Crippen molar-refractivity contribution < 1.29 is 14.6 Å². The highest BCUT2D eigenvalue weighted by Gasteiger charge is 2.22. The number of nitrogens with zero attached hydrogens (tertiary/aromatic N) is 2. The lowest BCUT2D eigenvalue weighted by Crippen LogP contribution is -2.27. The number of halogens is 1. The second-order valence-electron chi connectivity index (χ2n) is 4.97. The van der Waals surface area contributed by atoms with Gasteiger partial charge in [0.05, 0.1) is 15.9 Å². The van der Waals surface area contributed by atoms with Gasteiger partial charge < -0.3 is 5.32 Å². The summed E-state index contributed by atoms with van der Waals surface area (Å²) in [6.45, 7) is 1.62. The Labute approximate surface area is 141 Å². The van der Waals surface area contributed by atoms with Gasteiger partial charge in [-0.3, -0.25) is 25.0 Å². The summed E-state index contributed by atoms with van der Waals surface area (Å²) in [5, 5.41) is 24.6. The van der Waals surface area contributed by atoms with Gasteiger partial charge in [0.1, 0.15) is 5.56 Å². The van der Waals surface area contributed by atoms with Crippen LogP contribution in [0.5, 0.6) is 0 Å². The highest BCUT2D eigenvalue weighted by molar-refractivity contribution is 6.31. The van der Waals surface area contributed by atoms with Crippen LogP contribution in [0, 0.1) is 20.2 Å². The zero-order valence-electron chi connectivity index (χ0n) is 12.4. The molecule has 0 bridgehead atoms. The molecule has 2 aromatic rings. The van der Waals surface area contributed by atoms with E-state index in [0.717, 1.165) is 6.07 Å². The predicted octanol–water partition coefficient (Wildman–Crippen LogP) is 3.65. The number of carbonyl (C=O) groups is 1. The average Bonchev–Trinajstić information content (AvgIpc) is 2.54. The first-order valence-electron chi connectivity index (χ1n) is 6.78. The molecule has 0 spiro atoms. The molecule has 9 heteroatoms. The first kappa shape index (κ1) is 17.4. The summed E-state index contributed by atoms with van der Waals surface area (Å²) in [5.41, 5.74) is -0.145. The first-order chi connectivity index (χ1) is 11.3. The quantitative estimate of drug-likeness (QED) is 0.653. The molecule has 0 radical (unpaired) electrons. The van der Waals surface area contributed by atoms with Gasteiger partial charge in [-0.25, -0.2) is 0 Å². The molecule has 2 rings (SSSR count). The molecule has 0 fully saturated rings. The van der Waals surface area contributed by atoms with Crippen molar-refractivity contribution in [2.45, 2.75) is 13.0 Å². The lowest BCUT2D eigenvalue weighted by molar-refractivity contribution is -0.385. The van der Waals surface area contributed by atoms with E-state index in [1.807, 2.05) is 0 Å². The second kappa shape index (κ2) is 7.05. The number of non-ortho nitro benzene ring substituents is 1. The summed E-state index contributed by atoms with van der Waals surface area (Å²) in [7, 11) is 0. The molecular formula is C15H12ClN3O5. The monoisotopic (exact) mass is 349 g/mol. The third-order valence-corrected chi connectivity index (χ3v) is 3.56. The predicted molar refractivity (Wildman–Crippen MR) is 87.1 cm³/mol. The van der Waals surface area contributed by atoms with E-state index in [0.29, 0.717) is 5.56 Å². The SMILES string of the molecule is C[C@@H](NC(=O)c1ccc(Cl)cc1[N+](=O)[O-])c1cccc([N+](=O)[O-])c1. The number of nitro groups is 2. The normalized spacial score (nSPS) is 11.6. The van der Waals surface area contributed by atoms with E-state index in [9.17, 15) is 25.0 Å². The molecule has 2 aromatic carbocycles. The van der Waals surface area contributed by atoms with Crippen LogP contribution >= 0.6 is 11.6 Å². The lowest BCUT2D eigenvalue weighted by Gasteiger charge is -2.14. The van der Waals surface area contributed by atoms with E-state index in [4.69, 9.17) is 11.6 Å². The Morgan fingerprint density at radius 1 is 1.12 bits per heavy atom. The molecule has 0 aliphatic rings. The Bertz CT molecular complexity index is 825. The van der Waals surface area contributed by atoms with Crippen LogP contribution < -0.4 is 5.32 Å². The van der Waals surface area contributed by atoms with Crippen LogP contribution in [0.1, 0.15) is 28.9 Å². The van der Waals surface area contributed by atoms with Gasteiger partial charge >= 0.3 is 0 Å². The van der Waals surface area contributed by atoms with Crippen LogP contribution in [-0.2, 0) is 0 Å². The summed E-state index contributed by atoms with van der Waals surface area (Å²) < 4.78 is 0.